The predicted molar refractivity (Wildman–Crippen MR) is 75.2 cm³/mol. The van der Waals surface area contributed by atoms with Crippen molar-refractivity contribution in [1.82, 2.24) is 0 Å². The maximum Gasteiger partial charge on any atom is 0.258 e. The Morgan fingerprint density at radius 3 is 2.30 bits per heavy atom. The number of rotatable bonds is 2. The summed E-state index contributed by atoms with van der Waals surface area (Å²) in [7, 11) is 0. The van der Waals surface area contributed by atoms with Gasteiger partial charge >= 0.3 is 0 Å². The summed E-state index contributed by atoms with van der Waals surface area (Å²) >= 11 is 11.7. The van der Waals surface area contributed by atoms with E-state index in [-0.39, 0.29) is 21.3 Å². The SMILES string of the molecule is Nc1ccc(F)c(F)c1NC(=O)c1c(Cl)cccc1Cl. The number of carbonyl (C=O) groups excluding carboxylic acids is 1. The van der Waals surface area contributed by atoms with E-state index in [4.69, 9.17) is 28.9 Å². The van der Waals surface area contributed by atoms with E-state index in [0.717, 1.165) is 12.1 Å². The molecule has 3 nitrogen and oxygen atoms in total. The fourth-order valence-corrected chi connectivity index (χ4v) is 2.15. The first-order valence-electron chi connectivity index (χ1n) is 5.40. The molecule has 0 heterocycles. The average Bonchev–Trinajstić information content (AvgIpc) is 2.39. The van der Waals surface area contributed by atoms with Gasteiger partial charge in [-0.1, -0.05) is 29.3 Å². The molecule has 0 bridgehead atoms. The maximum atomic E-state index is 13.6. The fourth-order valence-electron chi connectivity index (χ4n) is 1.58. The number of nitrogen functional groups attached to an aromatic ring is 1. The standard InChI is InChI=1S/C13H8Cl2F2N2O/c14-6-2-1-3-7(15)10(6)13(20)19-12-9(18)5-4-8(16)11(12)17/h1-5H,18H2,(H,19,20). The van der Waals surface area contributed by atoms with Crippen molar-refractivity contribution in [2.45, 2.75) is 0 Å². The molecule has 2 aromatic carbocycles. The third-order valence-electron chi connectivity index (χ3n) is 2.56. The van der Waals surface area contributed by atoms with Gasteiger partial charge in [0.25, 0.3) is 5.91 Å². The van der Waals surface area contributed by atoms with Crippen molar-refractivity contribution in [3.63, 3.8) is 0 Å². The summed E-state index contributed by atoms with van der Waals surface area (Å²) in [5.41, 5.74) is 4.90. The highest BCUT2D eigenvalue weighted by Gasteiger charge is 2.19. The number of halogens is 4. The minimum atomic E-state index is -1.25. The monoisotopic (exact) mass is 316 g/mol. The lowest BCUT2D eigenvalue weighted by atomic mass is 10.2. The highest BCUT2D eigenvalue weighted by molar-refractivity contribution is 6.40. The molecular weight excluding hydrogens is 309 g/mol. The van der Waals surface area contributed by atoms with Crippen LogP contribution in [0.3, 0.4) is 0 Å². The van der Waals surface area contributed by atoms with Crippen molar-refractivity contribution < 1.29 is 13.6 Å². The normalized spacial score (nSPS) is 10.4. The summed E-state index contributed by atoms with van der Waals surface area (Å²) < 4.78 is 26.7. The van der Waals surface area contributed by atoms with Crippen LogP contribution in [0.1, 0.15) is 10.4 Å². The van der Waals surface area contributed by atoms with E-state index in [1.165, 1.54) is 12.1 Å². The van der Waals surface area contributed by atoms with E-state index in [0.29, 0.717) is 0 Å². The molecule has 0 unspecified atom stereocenters. The van der Waals surface area contributed by atoms with Crippen LogP contribution in [0.25, 0.3) is 0 Å². The van der Waals surface area contributed by atoms with Gasteiger partial charge in [0.15, 0.2) is 11.6 Å². The Bertz CT molecular complexity index is 672. The number of amides is 1. The van der Waals surface area contributed by atoms with Gasteiger partial charge in [-0.05, 0) is 24.3 Å². The second-order valence-electron chi connectivity index (χ2n) is 3.88. The average molecular weight is 317 g/mol. The van der Waals surface area contributed by atoms with Crippen LogP contribution in [-0.2, 0) is 0 Å². The number of benzene rings is 2. The molecule has 0 spiro atoms. The summed E-state index contributed by atoms with van der Waals surface area (Å²) in [6.45, 7) is 0. The third-order valence-corrected chi connectivity index (χ3v) is 3.19. The van der Waals surface area contributed by atoms with E-state index in [2.05, 4.69) is 5.32 Å². The summed E-state index contributed by atoms with van der Waals surface area (Å²) in [5.74, 6) is -3.15. The molecule has 7 heteroatoms. The lowest BCUT2D eigenvalue weighted by Gasteiger charge is -2.11. The van der Waals surface area contributed by atoms with E-state index in [9.17, 15) is 13.6 Å². The van der Waals surface area contributed by atoms with Crippen LogP contribution >= 0.6 is 23.2 Å². The molecule has 1 amide bonds. The predicted octanol–water partition coefficient (Wildman–Crippen LogP) is 4.11. The van der Waals surface area contributed by atoms with Gasteiger partial charge in [0.05, 0.1) is 21.3 Å². The van der Waals surface area contributed by atoms with Crippen molar-refractivity contribution in [1.29, 1.82) is 0 Å². The van der Waals surface area contributed by atoms with Crippen molar-refractivity contribution in [2.75, 3.05) is 11.1 Å². The largest absolute Gasteiger partial charge is 0.397 e. The number of anilines is 2. The zero-order valence-electron chi connectivity index (χ0n) is 9.88. The summed E-state index contributed by atoms with van der Waals surface area (Å²) in [6.07, 6.45) is 0. The molecule has 0 aromatic heterocycles. The smallest absolute Gasteiger partial charge is 0.258 e. The van der Waals surface area contributed by atoms with Crippen LogP contribution in [0.4, 0.5) is 20.2 Å². The number of carbonyl (C=O) groups is 1. The minimum Gasteiger partial charge on any atom is -0.397 e. The molecule has 0 aliphatic rings. The minimum absolute atomic E-state index is 0.0427. The molecule has 3 N–H and O–H groups in total. The lowest BCUT2D eigenvalue weighted by molar-refractivity contribution is 0.102. The van der Waals surface area contributed by atoms with Gasteiger partial charge < -0.3 is 11.1 Å². The van der Waals surface area contributed by atoms with Crippen LogP contribution in [0, 0.1) is 11.6 Å². The number of hydrogen-bond acceptors (Lipinski definition) is 2. The highest BCUT2D eigenvalue weighted by Crippen LogP contribution is 2.28. The Hall–Kier alpha value is -1.85. The Morgan fingerprint density at radius 2 is 1.70 bits per heavy atom. The number of hydrogen-bond donors (Lipinski definition) is 2. The second kappa shape index (κ2) is 5.64. The van der Waals surface area contributed by atoms with E-state index < -0.39 is 23.2 Å². The van der Waals surface area contributed by atoms with Crippen LogP contribution in [0.15, 0.2) is 30.3 Å². The highest BCUT2D eigenvalue weighted by atomic mass is 35.5. The number of nitrogens with one attached hydrogen (secondary N) is 1. The van der Waals surface area contributed by atoms with Crippen molar-refractivity contribution in [3.8, 4) is 0 Å². The third kappa shape index (κ3) is 2.69. The second-order valence-corrected chi connectivity index (χ2v) is 4.69. The van der Waals surface area contributed by atoms with Gasteiger partial charge in [-0.15, -0.1) is 0 Å². The first kappa shape index (κ1) is 14.6. The first-order chi connectivity index (χ1) is 9.41. The zero-order chi connectivity index (χ0) is 14.9. The van der Waals surface area contributed by atoms with Gasteiger partial charge in [0.2, 0.25) is 0 Å². The molecule has 0 fully saturated rings. The Labute approximate surface area is 123 Å². The lowest BCUT2D eigenvalue weighted by Crippen LogP contribution is -2.16. The summed E-state index contributed by atoms with van der Waals surface area (Å²) in [4.78, 5) is 12.0. The summed E-state index contributed by atoms with van der Waals surface area (Å²) in [5, 5.41) is 2.35. The molecule has 0 atom stereocenters. The van der Waals surface area contributed by atoms with Crippen LogP contribution in [0.5, 0.6) is 0 Å². The van der Waals surface area contributed by atoms with Crippen LogP contribution in [0.2, 0.25) is 10.0 Å². The van der Waals surface area contributed by atoms with Gasteiger partial charge in [0, 0.05) is 0 Å². The maximum absolute atomic E-state index is 13.6. The first-order valence-corrected chi connectivity index (χ1v) is 6.16. The topological polar surface area (TPSA) is 55.1 Å². The van der Waals surface area contributed by atoms with Crippen molar-refractivity contribution >= 4 is 40.5 Å². The van der Waals surface area contributed by atoms with Gasteiger partial charge in [-0.3, -0.25) is 4.79 Å². The molecule has 0 aliphatic carbocycles. The van der Waals surface area contributed by atoms with Crippen molar-refractivity contribution in [2.24, 2.45) is 0 Å². The molecular formula is C13H8Cl2F2N2O. The Balaban J connectivity index is 2.41. The van der Waals surface area contributed by atoms with Crippen LogP contribution in [-0.4, -0.2) is 5.91 Å². The molecule has 0 saturated carbocycles. The van der Waals surface area contributed by atoms with Crippen LogP contribution < -0.4 is 11.1 Å². The van der Waals surface area contributed by atoms with Gasteiger partial charge in [-0.2, -0.15) is 0 Å². The van der Waals surface area contributed by atoms with Gasteiger partial charge in [0.1, 0.15) is 5.69 Å². The fraction of sp³-hybridized carbons (Fsp3) is 0. The zero-order valence-corrected chi connectivity index (χ0v) is 11.4. The quantitative estimate of drug-likeness (QED) is 0.819. The molecule has 2 aromatic rings. The number of nitrogens with two attached hydrogens (primary N) is 1. The van der Waals surface area contributed by atoms with Crippen molar-refractivity contribution in [3.05, 3.63) is 57.6 Å². The van der Waals surface area contributed by atoms with E-state index >= 15 is 0 Å². The Morgan fingerprint density at radius 1 is 1.10 bits per heavy atom. The molecule has 0 aliphatic heterocycles. The van der Waals surface area contributed by atoms with Gasteiger partial charge in [-0.25, -0.2) is 8.78 Å². The van der Waals surface area contributed by atoms with E-state index in [1.807, 2.05) is 0 Å². The molecule has 104 valence electrons. The molecule has 0 radical (unpaired) electrons. The van der Waals surface area contributed by atoms with E-state index in [1.54, 1.807) is 6.07 Å². The molecule has 2 rings (SSSR count). The summed E-state index contributed by atoms with van der Waals surface area (Å²) in [6, 6.07) is 6.46. The molecule has 0 saturated heterocycles. The molecule has 20 heavy (non-hydrogen) atoms. The Kier molecular flexibility index (Phi) is 4.11.